The number of hydrogen-bond acceptors (Lipinski definition) is 0. The summed E-state index contributed by atoms with van der Waals surface area (Å²) in [5, 5.41) is 0. The number of unbranched alkanes of at least 4 members (excludes halogenated alkanes) is 24. The lowest BCUT2D eigenvalue weighted by atomic mass is 9.66. The van der Waals surface area contributed by atoms with Crippen LogP contribution < -0.4 is 0 Å². The van der Waals surface area contributed by atoms with E-state index in [4.69, 9.17) is 0 Å². The van der Waals surface area contributed by atoms with Gasteiger partial charge in [-0.3, -0.25) is 0 Å². The molecule has 0 bridgehead atoms. The predicted molar refractivity (Wildman–Crippen MR) is 207 cm³/mol. The summed E-state index contributed by atoms with van der Waals surface area (Å²) in [4.78, 5) is 0. The minimum atomic E-state index is -7.33. The van der Waals surface area contributed by atoms with Crippen molar-refractivity contribution in [3.05, 3.63) is 0 Å². The molecule has 12 heteroatoms. The maximum absolute atomic E-state index is 16.8. The van der Waals surface area contributed by atoms with Gasteiger partial charge in [-0.2, -0.15) is 26.3 Å². The molecule has 0 amide bonds. The number of rotatable bonds is 37. The number of alkyl halides is 12. The zero-order valence-electron chi connectivity index (χ0n) is 35.3. The van der Waals surface area contributed by atoms with Crippen molar-refractivity contribution in [3.63, 3.8) is 0 Å². The van der Waals surface area contributed by atoms with Crippen LogP contribution in [0.1, 0.15) is 233 Å². The van der Waals surface area contributed by atoms with Gasteiger partial charge in [0.05, 0.1) is 0 Å². The van der Waals surface area contributed by atoms with Crippen molar-refractivity contribution < 1.29 is 52.7 Å². The molecule has 0 nitrogen and oxygen atoms in total. The summed E-state index contributed by atoms with van der Waals surface area (Å²) < 4.78 is 189. The molecular formula is C44H78F12. The monoisotopic (exact) mass is 835 g/mol. The van der Waals surface area contributed by atoms with Crippen molar-refractivity contribution in [1.29, 1.82) is 0 Å². The highest BCUT2D eigenvalue weighted by atomic mass is 19.4. The molecule has 0 aromatic rings. The fraction of sp³-hybridized carbons (Fsp3) is 1.00. The second-order valence-corrected chi connectivity index (χ2v) is 16.6. The van der Waals surface area contributed by atoms with Gasteiger partial charge in [0.1, 0.15) is 0 Å². The highest BCUT2D eigenvalue weighted by Crippen LogP contribution is 2.67. The Hall–Kier alpha value is -0.840. The third kappa shape index (κ3) is 17.0. The molecule has 0 aliphatic carbocycles. The SMILES string of the molecule is CCCCCCCCCC(CCCCCCCCC)C(F)(F)C(F)(C(F)(F)F)C(F)(C(F)(F)F)C(F)(F)C(CCCCCCCCC)CCCCCCCCC. The molecule has 0 saturated heterocycles. The van der Waals surface area contributed by atoms with E-state index < -0.39 is 73.1 Å². The van der Waals surface area contributed by atoms with E-state index in [1.54, 1.807) is 0 Å². The minimum Gasteiger partial charge on any atom is -0.223 e. The molecule has 0 fully saturated rings. The van der Waals surface area contributed by atoms with Gasteiger partial charge in [-0.15, -0.1) is 0 Å². The smallest absolute Gasteiger partial charge is 0.223 e. The van der Waals surface area contributed by atoms with Gasteiger partial charge >= 0.3 is 23.7 Å². The van der Waals surface area contributed by atoms with Crippen molar-refractivity contribution in [1.82, 2.24) is 0 Å². The molecule has 0 aromatic carbocycles. The molecule has 0 spiro atoms. The molecule has 0 rings (SSSR count). The highest BCUT2D eigenvalue weighted by molar-refractivity contribution is 5.23. The van der Waals surface area contributed by atoms with Crippen molar-refractivity contribution in [2.24, 2.45) is 11.8 Å². The van der Waals surface area contributed by atoms with Crippen molar-refractivity contribution in [2.75, 3.05) is 0 Å². The highest BCUT2D eigenvalue weighted by Gasteiger charge is 2.95. The van der Waals surface area contributed by atoms with Gasteiger partial charge in [0.25, 0.3) is 11.8 Å². The Balaban J connectivity index is 6.92. The lowest BCUT2D eigenvalue weighted by Gasteiger charge is -2.51. The Labute approximate surface area is 332 Å². The topological polar surface area (TPSA) is 0 Å². The summed E-state index contributed by atoms with van der Waals surface area (Å²) in [6.45, 7) is 7.90. The molecule has 2 unspecified atom stereocenters. The zero-order valence-corrected chi connectivity index (χ0v) is 35.3. The molecule has 0 aromatic heterocycles. The first-order valence-electron chi connectivity index (χ1n) is 22.6. The fourth-order valence-electron chi connectivity index (χ4n) is 8.20. The van der Waals surface area contributed by atoms with Crippen LogP contribution in [0.25, 0.3) is 0 Å². The first-order valence-corrected chi connectivity index (χ1v) is 22.6. The Bertz CT molecular complexity index is 824. The van der Waals surface area contributed by atoms with Crippen LogP contribution in [0.15, 0.2) is 0 Å². The lowest BCUT2D eigenvalue weighted by molar-refractivity contribution is -0.439. The van der Waals surface area contributed by atoms with Crippen LogP contribution in [0.2, 0.25) is 0 Å². The Kier molecular flexibility index (Phi) is 28.2. The average molecular weight is 835 g/mol. The van der Waals surface area contributed by atoms with Crippen molar-refractivity contribution >= 4 is 0 Å². The maximum atomic E-state index is 16.8. The van der Waals surface area contributed by atoms with Crippen LogP contribution in [0.5, 0.6) is 0 Å². The summed E-state index contributed by atoms with van der Waals surface area (Å²) in [5.41, 5.74) is -14.5. The van der Waals surface area contributed by atoms with Gasteiger partial charge in [-0.05, 0) is 25.7 Å². The van der Waals surface area contributed by atoms with Crippen molar-refractivity contribution in [2.45, 2.75) is 269 Å². The Morgan fingerprint density at radius 1 is 0.250 bits per heavy atom. The summed E-state index contributed by atoms with van der Waals surface area (Å²) in [6, 6.07) is 0. The van der Waals surface area contributed by atoms with Gasteiger partial charge < -0.3 is 0 Å². The third-order valence-electron chi connectivity index (χ3n) is 11.8. The minimum absolute atomic E-state index is 0.183. The van der Waals surface area contributed by atoms with Crippen molar-refractivity contribution in [3.8, 4) is 0 Å². The second-order valence-electron chi connectivity index (χ2n) is 16.6. The molecule has 0 saturated carbocycles. The van der Waals surface area contributed by atoms with Gasteiger partial charge in [-0.25, -0.2) is 26.3 Å². The first kappa shape index (κ1) is 55.2. The van der Waals surface area contributed by atoms with Gasteiger partial charge in [0.15, 0.2) is 0 Å². The van der Waals surface area contributed by atoms with Crippen LogP contribution >= 0.6 is 0 Å². The largest absolute Gasteiger partial charge is 0.432 e. The van der Waals surface area contributed by atoms with E-state index in [9.17, 15) is 26.3 Å². The molecule has 2 atom stereocenters. The van der Waals surface area contributed by atoms with E-state index in [2.05, 4.69) is 0 Å². The van der Waals surface area contributed by atoms with Crippen LogP contribution in [0, 0.1) is 11.8 Å². The summed E-state index contributed by atoms with van der Waals surface area (Å²) >= 11 is 0. The predicted octanol–water partition coefficient (Wildman–Crippen LogP) is 18.6. The third-order valence-corrected chi connectivity index (χ3v) is 11.8. The summed E-state index contributed by atoms with van der Waals surface area (Å²) in [6.07, 6.45) is -2.57. The average Bonchev–Trinajstić information content (AvgIpc) is 3.12. The van der Waals surface area contributed by atoms with Crippen LogP contribution in [0.4, 0.5) is 52.7 Å². The summed E-state index contributed by atoms with van der Waals surface area (Å²) in [5.74, 6) is -17.8. The van der Waals surface area contributed by atoms with E-state index in [-0.39, 0.29) is 51.4 Å². The molecule has 0 heterocycles. The van der Waals surface area contributed by atoms with E-state index in [0.29, 0.717) is 51.4 Å². The van der Waals surface area contributed by atoms with E-state index in [1.807, 2.05) is 27.7 Å². The van der Waals surface area contributed by atoms with Gasteiger partial charge in [-0.1, -0.05) is 207 Å². The normalized spacial score (nSPS) is 15.5. The van der Waals surface area contributed by atoms with Gasteiger partial charge in [0.2, 0.25) is 0 Å². The van der Waals surface area contributed by atoms with Gasteiger partial charge in [0, 0.05) is 11.8 Å². The fourth-order valence-corrected chi connectivity index (χ4v) is 8.20. The van der Waals surface area contributed by atoms with Crippen LogP contribution in [-0.2, 0) is 0 Å². The standard InChI is InChI=1S/C44H78F12/c1-5-9-13-17-21-25-29-33-37(34-30-26-22-18-14-10-6-2)39(45,46)41(49,43(51,52)53)42(50,44(54,55)56)40(47,48)38(35-31-27-23-19-15-11-7-3)36-32-28-24-20-16-12-8-4/h37-38H,5-36H2,1-4H3. The second kappa shape index (κ2) is 28.6. The molecule has 0 N–H and O–H groups in total. The number of hydrogen-bond donors (Lipinski definition) is 0. The first-order chi connectivity index (χ1) is 26.3. The van der Waals surface area contributed by atoms with E-state index >= 15 is 26.3 Å². The summed E-state index contributed by atoms with van der Waals surface area (Å²) in [7, 11) is 0. The molecule has 0 aliphatic rings. The maximum Gasteiger partial charge on any atom is 0.432 e. The van der Waals surface area contributed by atoms with E-state index in [1.165, 1.54) is 0 Å². The molecule has 56 heavy (non-hydrogen) atoms. The quantitative estimate of drug-likeness (QED) is 0.0432. The molecule has 338 valence electrons. The van der Waals surface area contributed by atoms with E-state index in [0.717, 1.165) is 77.0 Å². The lowest BCUT2D eigenvalue weighted by Crippen LogP contribution is -2.80. The number of halogens is 12. The molecule has 0 aliphatic heterocycles. The Morgan fingerprint density at radius 2 is 0.411 bits per heavy atom. The van der Waals surface area contributed by atoms with Crippen LogP contribution in [-0.4, -0.2) is 35.5 Å². The Morgan fingerprint density at radius 3 is 0.571 bits per heavy atom. The molecular weight excluding hydrogens is 756 g/mol. The zero-order chi connectivity index (χ0) is 42.8. The van der Waals surface area contributed by atoms with Crippen LogP contribution in [0.3, 0.4) is 0 Å². The molecule has 0 radical (unpaired) electrons.